The number of aromatic nitrogens is 2. The molecule has 1 aliphatic heterocycles. The first-order chi connectivity index (χ1) is 12.8. The Labute approximate surface area is 154 Å². The molecule has 0 aliphatic carbocycles. The van der Waals surface area contributed by atoms with Gasteiger partial charge in [-0.25, -0.2) is 4.98 Å². The molecule has 2 aromatic carbocycles. The van der Waals surface area contributed by atoms with Crippen LogP contribution in [0.1, 0.15) is 43.7 Å². The van der Waals surface area contributed by atoms with Crippen molar-refractivity contribution < 1.29 is 9.47 Å². The highest BCUT2D eigenvalue weighted by Gasteiger charge is 2.24. The maximum atomic E-state index is 5.92. The second-order valence-electron chi connectivity index (χ2n) is 6.81. The molecule has 3 aromatic rings. The first kappa shape index (κ1) is 17.1. The van der Waals surface area contributed by atoms with Gasteiger partial charge < -0.3 is 14.0 Å². The number of nitrogens with zero attached hydrogens (tertiary/aromatic N) is 2. The summed E-state index contributed by atoms with van der Waals surface area (Å²) in [6.07, 6.45) is 4.30. The Hall–Kier alpha value is -2.33. The molecule has 26 heavy (non-hydrogen) atoms. The molecule has 2 heterocycles. The number of para-hydroxylation sites is 2. The van der Waals surface area contributed by atoms with Gasteiger partial charge in [0.05, 0.1) is 17.6 Å². The molecule has 1 fully saturated rings. The smallest absolute Gasteiger partial charge is 0.139 e. The predicted molar refractivity (Wildman–Crippen MR) is 104 cm³/mol. The summed E-state index contributed by atoms with van der Waals surface area (Å²) in [5.41, 5.74) is 3.57. The van der Waals surface area contributed by atoms with E-state index in [9.17, 15) is 0 Å². The van der Waals surface area contributed by atoms with E-state index in [0.29, 0.717) is 6.61 Å². The fraction of sp³-hybridized carbons (Fsp3) is 0.409. The standard InChI is InChI=1S/C22H26N2O2/c1-2-17-10-12-18(13-11-17)25-16-6-14-24-20-8-4-3-7-19(20)23-22(24)21-9-5-15-26-21/h3-4,7-8,10-13,21H,2,5-6,9,14-16H2,1H3. The number of hydrogen-bond acceptors (Lipinski definition) is 3. The predicted octanol–water partition coefficient (Wildman–Crippen LogP) is 4.92. The number of ether oxygens (including phenoxy) is 2. The van der Waals surface area contributed by atoms with Gasteiger partial charge in [0, 0.05) is 13.2 Å². The van der Waals surface area contributed by atoms with Crippen molar-refractivity contribution in [3.63, 3.8) is 0 Å². The Morgan fingerprint density at radius 3 is 2.77 bits per heavy atom. The quantitative estimate of drug-likeness (QED) is 0.568. The van der Waals surface area contributed by atoms with Crippen molar-refractivity contribution in [2.75, 3.05) is 13.2 Å². The molecule has 0 bridgehead atoms. The molecule has 1 saturated heterocycles. The second kappa shape index (κ2) is 7.92. The number of benzene rings is 2. The van der Waals surface area contributed by atoms with Gasteiger partial charge in [-0.2, -0.15) is 0 Å². The number of hydrogen-bond donors (Lipinski definition) is 0. The van der Waals surface area contributed by atoms with Gasteiger partial charge in [-0.05, 0) is 55.5 Å². The van der Waals surface area contributed by atoms with Gasteiger partial charge in [0.25, 0.3) is 0 Å². The Balaban J connectivity index is 1.43. The molecule has 0 amide bonds. The minimum absolute atomic E-state index is 0.130. The summed E-state index contributed by atoms with van der Waals surface area (Å²) in [5, 5.41) is 0. The van der Waals surface area contributed by atoms with E-state index in [4.69, 9.17) is 14.5 Å². The summed E-state index contributed by atoms with van der Waals surface area (Å²) in [6.45, 7) is 4.59. The molecular weight excluding hydrogens is 324 g/mol. The van der Waals surface area contributed by atoms with E-state index in [-0.39, 0.29) is 6.10 Å². The summed E-state index contributed by atoms with van der Waals surface area (Å²) < 4.78 is 14.1. The van der Waals surface area contributed by atoms with Crippen molar-refractivity contribution in [3.8, 4) is 5.75 Å². The monoisotopic (exact) mass is 350 g/mol. The maximum Gasteiger partial charge on any atom is 0.139 e. The summed E-state index contributed by atoms with van der Waals surface area (Å²) in [4.78, 5) is 4.85. The van der Waals surface area contributed by atoms with Gasteiger partial charge in [-0.15, -0.1) is 0 Å². The van der Waals surface area contributed by atoms with Crippen LogP contribution in [0.2, 0.25) is 0 Å². The van der Waals surface area contributed by atoms with E-state index >= 15 is 0 Å². The zero-order valence-corrected chi connectivity index (χ0v) is 15.4. The maximum absolute atomic E-state index is 5.92. The van der Waals surface area contributed by atoms with Crippen LogP contribution in [-0.2, 0) is 17.7 Å². The van der Waals surface area contributed by atoms with Crippen molar-refractivity contribution in [1.29, 1.82) is 0 Å². The Bertz CT molecular complexity index is 848. The third-order valence-corrected chi connectivity index (χ3v) is 5.03. The molecule has 1 atom stereocenters. The lowest BCUT2D eigenvalue weighted by atomic mass is 10.2. The highest BCUT2D eigenvalue weighted by molar-refractivity contribution is 5.76. The van der Waals surface area contributed by atoms with Gasteiger partial charge in [-0.3, -0.25) is 0 Å². The van der Waals surface area contributed by atoms with Crippen molar-refractivity contribution in [1.82, 2.24) is 9.55 Å². The molecule has 4 rings (SSSR count). The van der Waals surface area contributed by atoms with E-state index in [1.165, 1.54) is 11.1 Å². The Kier molecular flexibility index (Phi) is 5.21. The summed E-state index contributed by atoms with van der Waals surface area (Å²) in [7, 11) is 0. The number of imidazole rings is 1. The summed E-state index contributed by atoms with van der Waals surface area (Å²) in [6, 6.07) is 16.7. The third kappa shape index (κ3) is 3.61. The van der Waals surface area contributed by atoms with Gasteiger partial charge in [0.2, 0.25) is 0 Å². The molecule has 1 aromatic heterocycles. The number of fused-ring (bicyclic) bond motifs is 1. The number of aryl methyl sites for hydroxylation is 2. The van der Waals surface area contributed by atoms with Gasteiger partial charge >= 0.3 is 0 Å². The fourth-order valence-electron chi connectivity index (χ4n) is 3.59. The lowest BCUT2D eigenvalue weighted by molar-refractivity contribution is 0.102. The molecule has 4 heteroatoms. The van der Waals surface area contributed by atoms with Crippen LogP contribution in [0.5, 0.6) is 5.75 Å². The first-order valence-electron chi connectivity index (χ1n) is 9.63. The van der Waals surface area contributed by atoms with Crippen molar-refractivity contribution in [2.45, 2.75) is 45.3 Å². The van der Waals surface area contributed by atoms with Crippen molar-refractivity contribution >= 4 is 11.0 Å². The van der Waals surface area contributed by atoms with Crippen LogP contribution < -0.4 is 4.74 Å². The highest BCUT2D eigenvalue weighted by Crippen LogP contribution is 2.30. The van der Waals surface area contributed by atoms with Gasteiger partial charge in [0.15, 0.2) is 0 Å². The third-order valence-electron chi connectivity index (χ3n) is 5.03. The second-order valence-corrected chi connectivity index (χ2v) is 6.81. The van der Waals surface area contributed by atoms with E-state index in [1.807, 2.05) is 6.07 Å². The summed E-state index contributed by atoms with van der Waals surface area (Å²) >= 11 is 0. The topological polar surface area (TPSA) is 36.3 Å². The van der Waals surface area contributed by atoms with Crippen LogP contribution in [0, 0.1) is 0 Å². The Morgan fingerprint density at radius 2 is 2.00 bits per heavy atom. The summed E-state index contributed by atoms with van der Waals surface area (Å²) in [5.74, 6) is 2.01. The lowest BCUT2D eigenvalue weighted by Crippen LogP contribution is -2.11. The molecule has 4 nitrogen and oxygen atoms in total. The van der Waals surface area contributed by atoms with Gasteiger partial charge in [0.1, 0.15) is 17.7 Å². The molecule has 0 saturated carbocycles. The fourth-order valence-corrected chi connectivity index (χ4v) is 3.59. The zero-order valence-electron chi connectivity index (χ0n) is 15.4. The Morgan fingerprint density at radius 1 is 1.15 bits per heavy atom. The van der Waals surface area contributed by atoms with E-state index in [1.54, 1.807) is 0 Å². The van der Waals surface area contributed by atoms with E-state index in [2.05, 4.69) is 54.0 Å². The van der Waals surface area contributed by atoms with Crippen molar-refractivity contribution in [2.24, 2.45) is 0 Å². The zero-order chi connectivity index (χ0) is 17.8. The van der Waals surface area contributed by atoms with Crippen LogP contribution >= 0.6 is 0 Å². The number of rotatable bonds is 7. The molecular formula is C22H26N2O2. The molecule has 1 unspecified atom stereocenters. The molecule has 0 spiro atoms. The van der Waals surface area contributed by atoms with Crippen LogP contribution in [-0.4, -0.2) is 22.8 Å². The first-order valence-corrected chi connectivity index (χ1v) is 9.63. The van der Waals surface area contributed by atoms with Gasteiger partial charge in [-0.1, -0.05) is 31.2 Å². The van der Waals surface area contributed by atoms with Crippen molar-refractivity contribution in [3.05, 3.63) is 59.9 Å². The SMILES string of the molecule is CCc1ccc(OCCCn2c(C3CCCO3)nc3ccccc32)cc1. The minimum Gasteiger partial charge on any atom is -0.494 e. The van der Waals surface area contributed by atoms with E-state index < -0.39 is 0 Å². The highest BCUT2D eigenvalue weighted by atomic mass is 16.5. The molecule has 136 valence electrons. The van der Waals surface area contributed by atoms with Crippen LogP contribution in [0.15, 0.2) is 48.5 Å². The van der Waals surface area contributed by atoms with E-state index in [0.717, 1.165) is 55.9 Å². The minimum atomic E-state index is 0.130. The molecule has 1 aliphatic rings. The molecule has 0 radical (unpaired) electrons. The lowest BCUT2D eigenvalue weighted by Gasteiger charge is -2.14. The van der Waals surface area contributed by atoms with Crippen LogP contribution in [0.25, 0.3) is 11.0 Å². The average Bonchev–Trinajstić information content (AvgIpc) is 3.33. The van der Waals surface area contributed by atoms with Crippen LogP contribution in [0.4, 0.5) is 0 Å². The van der Waals surface area contributed by atoms with Crippen LogP contribution in [0.3, 0.4) is 0 Å². The average molecular weight is 350 g/mol. The largest absolute Gasteiger partial charge is 0.494 e. The normalized spacial score (nSPS) is 17.0. The molecule has 0 N–H and O–H groups in total.